The Labute approximate surface area is 120 Å². The topological polar surface area (TPSA) is 35.2 Å². The number of ether oxygens (including phenoxy) is 1. The Bertz CT molecular complexity index is 553. The van der Waals surface area contributed by atoms with Crippen LogP contribution < -0.4 is 10.5 Å². The molecule has 0 radical (unpaired) electrons. The molecule has 0 saturated heterocycles. The smallest absolute Gasteiger partial charge is 0.119 e. The standard InChI is InChI=1S/C16H19NO.ClH/c1-3-4-5-16(17)14-7-6-13-11-15(18-2)9-8-12(13)10-14;/h3,6-11,16H,1,4-5,17H2,2H3;1H/t16-;/m1./s1. The summed E-state index contributed by atoms with van der Waals surface area (Å²) < 4.78 is 5.22. The van der Waals surface area contributed by atoms with Crippen molar-refractivity contribution in [2.24, 2.45) is 5.73 Å². The molecule has 0 heterocycles. The van der Waals surface area contributed by atoms with Crippen molar-refractivity contribution in [2.45, 2.75) is 18.9 Å². The second kappa shape index (κ2) is 7.17. The zero-order valence-corrected chi connectivity index (χ0v) is 12.0. The fraction of sp³-hybridized carbons (Fsp3) is 0.250. The Kier molecular flexibility index (Phi) is 5.87. The van der Waals surface area contributed by atoms with Crippen molar-refractivity contribution >= 4 is 23.2 Å². The second-order valence-corrected chi connectivity index (χ2v) is 4.45. The molecule has 2 N–H and O–H groups in total. The van der Waals surface area contributed by atoms with E-state index in [-0.39, 0.29) is 18.4 Å². The normalized spacial score (nSPS) is 11.7. The van der Waals surface area contributed by atoms with Gasteiger partial charge in [-0.05, 0) is 47.4 Å². The number of allylic oxidation sites excluding steroid dienone is 1. The highest BCUT2D eigenvalue weighted by molar-refractivity contribution is 5.85. The van der Waals surface area contributed by atoms with Crippen LogP contribution in [0.1, 0.15) is 24.4 Å². The Morgan fingerprint density at radius 1 is 1.21 bits per heavy atom. The lowest BCUT2D eigenvalue weighted by Crippen LogP contribution is -2.09. The zero-order chi connectivity index (χ0) is 13.0. The summed E-state index contributed by atoms with van der Waals surface area (Å²) >= 11 is 0. The van der Waals surface area contributed by atoms with Crippen LogP contribution in [0.4, 0.5) is 0 Å². The molecule has 0 bridgehead atoms. The highest BCUT2D eigenvalue weighted by Crippen LogP contribution is 2.25. The first-order valence-electron chi connectivity index (χ1n) is 6.19. The van der Waals surface area contributed by atoms with Gasteiger partial charge in [0.25, 0.3) is 0 Å². The summed E-state index contributed by atoms with van der Waals surface area (Å²) in [5.41, 5.74) is 7.33. The minimum atomic E-state index is 0. The molecule has 2 rings (SSSR count). The number of hydrogen-bond acceptors (Lipinski definition) is 2. The Balaban J connectivity index is 0.00000180. The maximum Gasteiger partial charge on any atom is 0.119 e. The highest BCUT2D eigenvalue weighted by atomic mass is 35.5. The van der Waals surface area contributed by atoms with Gasteiger partial charge in [0.1, 0.15) is 5.75 Å². The van der Waals surface area contributed by atoms with Crippen LogP contribution in [0, 0.1) is 0 Å². The Morgan fingerprint density at radius 2 is 1.89 bits per heavy atom. The molecule has 0 aromatic heterocycles. The summed E-state index contributed by atoms with van der Waals surface area (Å²) in [7, 11) is 1.68. The van der Waals surface area contributed by atoms with E-state index >= 15 is 0 Å². The van der Waals surface area contributed by atoms with E-state index in [9.17, 15) is 0 Å². The van der Waals surface area contributed by atoms with Gasteiger partial charge in [-0.25, -0.2) is 0 Å². The van der Waals surface area contributed by atoms with Gasteiger partial charge < -0.3 is 10.5 Å². The van der Waals surface area contributed by atoms with E-state index in [1.807, 2.05) is 18.2 Å². The van der Waals surface area contributed by atoms with Gasteiger partial charge >= 0.3 is 0 Å². The maximum absolute atomic E-state index is 6.16. The lowest BCUT2D eigenvalue weighted by Gasteiger charge is -2.12. The monoisotopic (exact) mass is 277 g/mol. The van der Waals surface area contributed by atoms with Gasteiger partial charge in [-0.1, -0.05) is 24.3 Å². The molecule has 0 aliphatic heterocycles. The quantitative estimate of drug-likeness (QED) is 0.830. The molecule has 0 fully saturated rings. The average Bonchev–Trinajstić information content (AvgIpc) is 2.43. The molecular formula is C16H20ClNO. The van der Waals surface area contributed by atoms with Crippen LogP contribution in [-0.2, 0) is 0 Å². The summed E-state index contributed by atoms with van der Waals surface area (Å²) in [6, 6.07) is 12.5. The van der Waals surface area contributed by atoms with Crippen LogP contribution in [0.5, 0.6) is 5.75 Å². The number of nitrogens with two attached hydrogens (primary N) is 1. The number of benzene rings is 2. The highest BCUT2D eigenvalue weighted by Gasteiger charge is 2.06. The fourth-order valence-corrected chi connectivity index (χ4v) is 2.06. The molecule has 0 aliphatic carbocycles. The molecule has 0 saturated carbocycles. The van der Waals surface area contributed by atoms with Crippen LogP contribution in [-0.4, -0.2) is 7.11 Å². The van der Waals surface area contributed by atoms with E-state index in [0.29, 0.717) is 0 Å². The lowest BCUT2D eigenvalue weighted by molar-refractivity contribution is 0.415. The SMILES string of the molecule is C=CCC[C@@H](N)c1ccc2cc(OC)ccc2c1.Cl. The molecule has 2 aromatic rings. The van der Waals surface area contributed by atoms with Gasteiger partial charge in [-0.15, -0.1) is 19.0 Å². The molecule has 0 spiro atoms. The fourth-order valence-electron chi connectivity index (χ4n) is 2.06. The summed E-state index contributed by atoms with van der Waals surface area (Å²) in [6.45, 7) is 3.73. The summed E-state index contributed by atoms with van der Waals surface area (Å²) in [5.74, 6) is 0.881. The van der Waals surface area contributed by atoms with Crippen molar-refractivity contribution in [3.8, 4) is 5.75 Å². The third-order valence-corrected chi connectivity index (χ3v) is 3.18. The van der Waals surface area contributed by atoms with E-state index in [2.05, 4.69) is 30.8 Å². The maximum atomic E-state index is 6.16. The number of fused-ring (bicyclic) bond motifs is 1. The van der Waals surface area contributed by atoms with Crippen molar-refractivity contribution in [2.75, 3.05) is 7.11 Å². The predicted molar refractivity (Wildman–Crippen MR) is 84.1 cm³/mol. The van der Waals surface area contributed by atoms with Gasteiger partial charge in [0.2, 0.25) is 0 Å². The van der Waals surface area contributed by atoms with Gasteiger partial charge in [0, 0.05) is 6.04 Å². The average molecular weight is 278 g/mol. The van der Waals surface area contributed by atoms with Gasteiger partial charge in [-0.3, -0.25) is 0 Å². The first-order valence-corrected chi connectivity index (χ1v) is 6.19. The van der Waals surface area contributed by atoms with Crippen molar-refractivity contribution in [3.05, 3.63) is 54.6 Å². The predicted octanol–water partition coefficient (Wildman–Crippen LogP) is 4.24. The van der Waals surface area contributed by atoms with Crippen molar-refractivity contribution < 1.29 is 4.74 Å². The molecule has 2 aromatic carbocycles. The van der Waals surface area contributed by atoms with E-state index in [1.165, 1.54) is 16.3 Å². The number of rotatable bonds is 5. The number of halogens is 1. The van der Waals surface area contributed by atoms with Crippen LogP contribution in [0.3, 0.4) is 0 Å². The van der Waals surface area contributed by atoms with Crippen LogP contribution in [0.25, 0.3) is 10.8 Å². The third kappa shape index (κ3) is 3.72. The van der Waals surface area contributed by atoms with E-state index in [0.717, 1.165) is 18.6 Å². The molecule has 0 amide bonds. The molecule has 19 heavy (non-hydrogen) atoms. The first-order chi connectivity index (χ1) is 8.74. The molecule has 2 nitrogen and oxygen atoms in total. The minimum absolute atomic E-state index is 0. The molecule has 0 aliphatic rings. The van der Waals surface area contributed by atoms with E-state index in [1.54, 1.807) is 7.11 Å². The largest absolute Gasteiger partial charge is 0.497 e. The Morgan fingerprint density at radius 3 is 2.58 bits per heavy atom. The van der Waals surface area contributed by atoms with E-state index < -0.39 is 0 Å². The third-order valence-electron chi connectivity index (χ3n) is 3.18. The molecule has 0 unspecified atom stereocenters. The summed E-state index contributed by atoms with van der Waals surface area (Å²) in [6.07, 6.45) is 3.79. The van der Waals surface area contributed by atoms with Crippen LogP contribution in [0.15, 0.2) is 49.1 Å². The Hall–Kier alpha value is -1.51. The van der Waals surface area contributed by atoms with Gasteiger partial charge in [0.05, 0.1) is 7.11 Å². The van der Waals surface area contributed by atoms with Crippen LogP contribution >= 0.6 is 12.4 Å². The zero-order valence-electron chi connectivity index (χ0n) is 11.1. The van der Waals surface area contributed by atoms with Gasteiger partial charge in [-0.2, -0.15) is 0 Å². The van der Waals surface area contributed by atoms with E-state index in [4.69, 9.17) is 10.5 Å². The molecule has 1 atom stereocenters. The van der Waals surface area contributed by atoms with Gasteiger partial charge in [0.15, 0.2) is 0 Å². The van der Waals surface area contributed by atoms with Crippen molar-refractivity contribution in [1.82, 2.24) is 0 Å². The van der Waals surface area contributed by atoms with Crippen molar-refractivity contribution in [1.29, 1.82) is 0 Å². The van der Waals surface area contributed by atoms with Crippen LogP contribution in [0.2, 0.25) is 0 Å². The number of methoxy groups -OCH3 is 1. The molecule has 3 heteroatoms. The lowest BCUT2D eigenvalue weighted by atomic mass is 9.99. The van der Waals surface area contributed by atoms with Crippen molar-refractivity contribution in [3.63, 3.8) is 0 Å². The molecular weight excluding hydrogens is 258 g/mol. The molecule has 102 valence electrons. The number of hydrogen-bond donors (Lipinski definition) is 1. The second-order valence-electron chi connectivity index (χ2n) is 4.45. The first kappa shape index (κ1) is 15.5. The minimum Gasteiger partial charge on any atom is -0.497 e. The summed E-state index contributed by atoms with van der Waals surface area (Å²) in [5, 5.41) is 2.37. The summed E-state index contributed by atoms with van der Waals surface area (Å²) in [4.78, 5) is 0.